The minimum absolute atomic E-state index is 0.0724. The summed E-state index contributed by atoms with van der Waals surface area (Å²) in [6, 6.07) is 17.1. The van der Waals surface area contributed by atoms with Crippen LogP contribution in [0, 0.1) is 0 Å². The van der Waals surface area contributed by atoms with Crippen LogP contribution in [0.15, 0.2) is 60.8 Å². The van der Waals surface area contributed by atoms with E-state index < -0.39 is 0 Å². The largest absolute Gasteiger partial charge is 0.496 e. The topological polar surface area (TPSA) is 56.1 Å². The Morgan fingerprint density at radius 1 is 1.12 bits per heavy atom. The number of para-hydroxylation sites is 1. The van der Waals surface area contributed by atoms with Crippen molar-refractivity contribution in [2.24, 2.45) is 0 Å². The van der Waals surface area contributed by atoms with Crippen LogP contribution in [0.5, 0.6) is 5.75 Å². The molecule has 26 heavy (non-hydrogen) atoms. The van der Waals surface area contributed by atoms with Crippen molar-refractivity contribution in [1.29, 1.82) is 0 Å². The number of nitrogens with one attached hydrogen (secondary N) is 1. The zero-order valence-electron chi connectivity index (χ0n) is 14.5. The number of carbonyl (C=O) groups is 1. The number of halogens is 1. The highest BCUT2D eigenvalue weighted by Crippen LogP contribution is 2.20. The molecule has 1 aromatic heterocycles. The number of methoxy groups -OCH3 is 1. The lowest BCUT2D eigenvalue weighted by atomic mass is 10.1. The lowest BCUT2D eigenvalue weighted by Gasteiger charge is -2.11. The van der Waals surface area contributed by atoms with Gasteiger partial charge >= 0.3 is 0 Å². The fraction of sp³-hybridized carbons (Fsp3) is 0.200. The molecular weight excluding hydrogens is 350 g/mol. The van der Waals surface area contributed by atoms with Gasteiger partial charge in [-0.05, 0) is 29.7 Å². The fourth-order valence-corrected chi connectivity index (χ4v) is 2.91. The number of benzene rings is 2. The van der Waals surface area contributed by atoms with E-state index in [2.05, 4.69) is 10.4 Å². The Hall–Kier alpha value is -2.79. The fourth-order valence-electron chi connectivity index (χ4n) is 2.72. The molecule has 0 aliphatic rings. The third-order valence-electron chi connectivity index (χ3n) is 4.08. The average Bonchev–Trinajstić information content (AvgIpc) is 3.08. The molecule has 1 amide bonds. The molecule has 0 bridgehead atoms. The van der Waals surface area contributed by atoms with E-state index in [0.717, 1.165) is 16.9 Å². The molecule has 5 nitrogen and oxygen atoms in total. The molecule has 3 rings (SSSR count). The third-order valence-corrected chi connectivity index (χ3v) is 4.44. The van der Waals surface area contributed by atoms with Crippen LogP contribution >= 0.6 is 11.6 Å². The van der Waals surface area contributed by atoms with Crippen LogP contribution < -0.4 is 10.1 Å². The van der Waals surface area contributed by atoms with Crippen LogP contribution in [0.2, 0.25) is 5.02 Å². The van der Waals surface area contributed by atoms with Gasteiger partial charge in [-0.2, -0.15) is 5.10 Å². The standard InChI is InChI=1S/C20H20ClN3O2/c1-26-18-9-5-3-6-15(18)10-11-20(25)23-19-12-13-22-24(19)14-16-7-2-4-8-17(16)21/h2-9,12-13H,10-11,14H2,1H3,(H,23,25). The number of anilines is 1. The molecule has 0 saturated carbocycles. The Balaban J connectivity index is 1.62. The van der Waals surface area contributed by atoms with Gasteiger partial charge in [0, 0.05) is 17.5 Å². The monoisotopic (exact) mass is 369 g/mol. The normalized spacial score (nSPS) is 10.5. The molecule has 0 spiro atoms. The second-order valence-corrected chi connectivity index (χ2v) is 6.23. The summed E-state index contributed by atoms with van der Waals surface area (Å²) < 4.78 is 7.05. The van der Waals surface area contributed by atoms with E-state index in [1.165, 1.54) is 0 Å². The SMILES string of the molecule is COc1ccccc1CCC(=O)Nc1ccnn1Cc1ccccc1Cl. The predicted octanol–water partition coefficient (Wildman–Crippen LogP) is 4.16. The second kappa shape index (κ2) is 8.54. The van der Waals surface area contributed by atoms with Gasteiger partial charge in [-0.15, -0.1) is 0 Å². The highest BCUT2D eigenvalue weighted by atomic mass is 35.5. The Morgan fingerprint density at radius 3 is 2.62 bits per heavy atom. The summed E-state index contributed by atoms with van der Waals surface area (Å²) in [6.45, 7) is 0.495. The molecule has 2 aromatic carbocycles. The first-order valence-electron chi connectivity index (χ1n) is 8.34. The molecule has 3 aromatic rings. The highest BCUT2D eigenvalue weighted by molar-refractivity contribution is 6.31. The van der Waals surface area contributed by atoms with E-state index in [1.807, 2.05) is 48.5 Å². The molecule has 0 aliphatic carbocycles. The van der Waals surface area contributed by atoms with Gasteiger partial charge in [0.25, 0.3) is 0 Å². The summed E-state index contributed by atoms with van der Waals surface area (Å²) in [4.78, 5) is 12.3. The quantitative estimate of drug-likeness (QED) is 0.680. The molecular formula is C20H20ClN3O2. The molecule has 1 N–H and O–H groups in total. The van der Waals surface area contributed by atoms with Crippen molar-refractivity contribution < 1.29 is 9.53 Å². The maximum Gasteiger partial charge on any atom is 0.225 e. The number of hydrogen-bond acceptors (Lipinski definition) is 3. The molecule has 0 fully saturated rings. The van der Waals surface area contributed by atoms with Gasteiger partial charge in [0.05, 0.1) is 19.9 Å². The number of nitrogens with zero attached hydrogens (tertiary/aromatic N) is 2. The smallest absolute Gasteiger partial charge is 0.225 e. The molecule has 0 saturated heterocycles. The van der Waals surface area contributed by atoms with E-state index >= 15 is 0 Å². The molecule has 134 valence electrons. The van der Waals surface area contributed by atoms with Gasteiger partial charge in [-0.1, -0.05) is 48.0 Å². The number of ether oxygens (including phenoxy) is 1. The third kappa shape index (κ3) is 4.43. The van der Waals surface area contributed by atoms with Crippen LogP contribution in [0.1, 0.15) is 17.5 Å². The Morgan fingerprint density at radius 2 is 1.85 bits per heavy atom. The minimum Gasteiger partial charge on any atom is -0.496 e. The zero-order chi connectivity index (χ0) is 18.4. The van der Waals surface area contributed by atoms with Crippen LogP contribution in [0.25, 0.3) is 0 Å². The highest BCUT2D eigenvalue weighted by Gasteiger charge is 2.10. The van der Waals surface area contributed by atoms with Gasteiger partial charge in [0.2, 0.25) is 5.91 Å². The Labute approximate surface area is 157 Å². The Bertz CT molecular complexity index is 892. The summed E-state index contributed by atoms with van der Waals surface area (Å²) in [5.41, 5.74) is 1.96. The van der Waals surface area contributed by atoms with Crippen molar-refractivity contribution in [2.75, 3.05) is 12.4 Å². The van der Waals surface area contributed by atoms with E-state index in [9.17, 15) is 4.79 Å². The average molecular weight is 370 g/mol. The maximum atomic E-state index is 12.3. The number of hydrogen-bond donors (Lipinski definition) is 1. The molecule has 6 heteroatoms. The van der Waals surface area contributed by atoms with Crippen LogP contribution in [-0.4, -0.2) is 22.8 Å². The van der Waals surface area contributed by atoms with Crippen molar-refractivity contribution in [3.05, 3.63) is 76.9 Å². The van der Waals surface area contributed by atoms with E-state index in [1.54, 1.807) is 24.1 Å². The van der Waals surface area contributed by atoms with Crippen molar-refractivity contribution in [3.63, 3.8) is 0 Å². The lowest BCUT2D eigenvalue weighted by Crippen LogP contribution is -2.16. The molecule has 0 unspecified atom stereocenters. The van der Waals surface area contributed by atoms with E-state index in [4.69, 9.17) is 16.3 Å². The first-order valence-corrected chi connectivity index (χ1v) is 8.72. The van der Waals surface area contributed by atoms with Crippen molar-refractivity contribution in [1.82, 2.24) is 9.78 Å². The molecule has 0 radical (unpaired) electrons. The van der Waals surface area contributed by atoms with Crippen molar-refractivity contribution in [3.8, 4) is 5.75 Å². The number of amides is 1. The van der Waals surface area contributed by atoms with Crippen molar-refractivity contribution >= 4 is 23.3 Å². The summed E-state index contributed by atoms with van der Waals surface area (Å²) in [5, 5.41) is 7.87. The van der Waals surface area contributed by atoms with Crippen LogP contribution in [-0.2, 0) is 17.8 Å². The predicted molar refractivity (Wildman–Crippen MR) is 103 cm³/mol. The summed E-state index contributed by atoms with van der Waals surface area (Å²) in [7, 11) is 1.63. The van der Waals surface area contributed by atoms with Gasteiger partial charge in [-0.25, -0.2) is 4.68 Å². The number of aryl methyl sites for hydroxylation is 1. The maximum absolute atomic E-state index is 12.3. The summed E-state index contributed by atoms with van der Waals surface area (Å²) in [6.07, 6.45) is 2.62. The van der Waals surface area contributed by atoms with Gasteiger partial charge in [0.15, 0.2) is 0 Å². The minimum atomic E-state index is -0.0724. The molecule has 0 aliphatic heterocycles. The van der Waals surface area contributed by atoms with E-state index in [-0.39, 0.29) is 5.91 Å². The number of carbonyl (C=O) groups excluding carboxylic acids is 1. The number of rotatable bonds is 7. The summed E-state index contributed by atoms with van der Waals surface area (Å²) >= 11 is 6.21. The van der Waals surface area contributed by atoms with E-state index in [0.29, 0.717) is 30.2 Å². The Kier molecular flexibility index (Phi) is 5.92. The van der Waals surface area contributed by atoms with Crippen molar-refractivity contribution in [2.45, 2.75) is 19.4 Å². The number of aromatic nitrogens is 2. The second-order valence-electron chi connectivity index (χ2n) is 5.83. The van der Waals surface area contributed by atoms with Gasteiger partial charge in [-0.3, -0.25) is 4.79 Å². The van der Waals surface area contributed by atoms with Crippen LogP contribution in [0.4, 0.5) is 5.82 Å². The zero-order valence-corrected chi connectivity index (χ0v) is 15.2. The first-order chi connectivity index (χ1) is 12.7. The molecule has 0 atom stereocenters. The first kappa shape index (κ1) is 18.0. The van der Waals surface area contributed by atoms with Gasteiger partial charge in [0.1, 0.15) is 11.6 Å². The molecule has 1 heterocycles. The summed E-state index contributed by atoms with van der Waals surface area (Å²) in [5.74, 6) is 1.37. The van der Waals surface area contributed by atoms with Gasteiger partial charge < -0.3 is 10.1 Å². The lowest BCUT2D eigenvalue weighted by molar-refractivity contribution is -0.116. The van der Waals surface area contributed by atoms with Crippen LogP contribution in [0.3, 0.4) is 0 Å².